The summed E-state index contributed by atoms with van der Waals surface area (Å²) in [5, 5.41) is 0. The molecule has 0 spiro atoms. The molecule has 2 rings (SSSR count). The zero-order valence-electron chi connectivity index (χ0n) is 10.6. The Morgan fingerprint density at radius 1 is 1.26 bits per heavy atom. The zero-order chi connectivity index (χ0) is 14.0. The van der Waals surface area contributed by atoms with Crippen molar-refractivity contribution in [2.75, 3.05) is 0 Å². The van der Waals surface area contributed by atoms with Crippen LogP contribution in [0.1, 0.15) is 32.6 Å². The summed E-state index contributed by atoms with van der Waals surface area (Å²) in [6.45, 7) is 1.99. The van der Waals surface area contributed by atoms with Crippen molar-refractivity contribution in [2.24, 2.45) is 5.92 Å². The second kappa shape index (κ2) is 5.30. The van der Waals surface area contributed by atoms with Gasteiger partial charge in [-0.15, -0.1) is 0 Å². The van der Waals surface area contributed by atoms with Crippen LogP contribution in [-0.4, -0.2) is 24.4 Å². The summed E-state index contributed by atoms with van der Waals surface area (Å²) < 4.78 is 26.8. The average Bonchev–Trinajstić information content (AvgIpc) is 2.31. The van der Waals surface area contributed by atoms with E-state index in [-0.39, 0.29) is 12.0 Å². The Labute approximate surface area is 110 Å². The summed E-state index contributed by atoms with van der Waals surface area (Å²) in [5.41, 5.74) is -1.63. The molecule has 3 N–H and O–H groups in total. The van der Waals surface area contributed by atoms with Crippen molar-refractivity contribution in [1.29, 1.82) is 0 Å². The first-order valence-electron chi connectivity index (χ1n) is 6.24. The van der Waals surface area contributed by atoms with Gasteiger partial charge in [0.05, 0.1) is 0 Å². The number of hydrogen-bond donors (Lipinski definition) is 3. The highest BCUT2D eigenvalue weighted by molar-refractivity contribution is 7.89. The molecule has 0 radical (unpaired) electrons. The highest BCUT2D eigenvalue weighted by Crippen LogP contribution is 2.24. The first-order valence-corrected chi connectivity index (χ1v) is 7.73. The Hall–Kier alpha value is -1.41. The van der Waals surface area contributed by atoms with Crippen LogP contribution in [0.2, 0.25) is 0 Å². The van der Waals surface area contributed by atoms with Crippen LogP contribution >= 0.6 is 0 Å². The third-order valence-electron chi connectivity index (χ3n) is 3.49. The van der Waals surface area contributed by atoms with Gasteiger partial charge in [0.2, 0.25) is 10.0 Å². The maximum Gasteiger partial charge on any atom is 0.325 e. The van der Waals surface area contributed by atoms with E-state index in [1.54, 1.807) is 0 Å². The van der Waals surface area contributed by atoms with Gasteiger partial charge in [-0.2, -0.15) is 0 Å². The monoisotopic (exact) mass is 287 g/mol. The van der Waals surface area contributed by atoms with E-state index in [4.69, 9.17) is 0 Å². The van der Waals surface area contributed by atoms with E-state index in [1.807, 2.05) is 11.9 Å². The van der Waals surface area contributed by atoms with Crippen molar-refractivity contribution in [3.05, 3.63) is 27.0 Å². The van der Waals surface area contributed by atoms with E-state index in [0.29, 0.717) is 0 Å². The summed E-state index contributed by atoms with van der Waals surface area (Å²) in [6.07, 6.45) is 4.73. The van der Waals surface area contributed by atoms with Crippen molar-refractivity contribution < 1.29 is 8.42 Å². The summed E-state index contributed by atoms with van der Waals surface area (Å²) in [5.74, 6) is 0.241. The number of hydrogen-bond acceptors (Lipinski definition) is 4. The minimum atomic E-state index is -3.90. The number of H-pyrrole nitrogens is 2. The van der Waals surface area contributed by atoms with Gasteiger partial charge in [-0.25, -0.2) is 17.9 Å². The molecule has 1 aromatic rings. The number of aromatic amines is 2. The SMILES string of the molecule is CC1CCCCC1NS(=O)(=O)c1c[nH]c(=O)[nH]c1=O. The molecule has 1 heterocycles. The number of sulfonamides is 1. The van der Waals surface area contributed by atoms with Crippen molar-refractivity contribution >= 4 is 10.0 Å². The standard InChI is InChI=1S/C11H17N3O4S/c1-7-4-2-3-5-8(7)14-19(17,18)9-6-12-11(16)13-10(9)15/h6-8,14H,2-5H2,1H3,(H2,12,13,15,16). The largest absolute Gasteiger partial charge is 0.325 e. The van der Waals surface area contributed by atoms with E-state index in [2.05, 4.69) is 9.71 Å². The van der Waals surface area contributed by atoms with Crippen LogP contribution < -0.4 is 16.0 Å². The molecule has 1 aliphatic carbocycles. The molecule has 106 valence electrons. The van der Waals surface area contributed by atoms with Gasteiger partial charge in [0, 0.05) is 12.2 Å². The second-order valence-corrected chi connectivity index (χ2v) is 6.61. The molecule has 0 aromatic carbocycles. The van der Waals surface area contributed by atoms with Crippen LogP contribution in [0.15, 0.2) is 20.7 Å². The Morgan fingerprint density at radius 2 is 1.95 bits per heavy atom. The van der Waals surface area contributed by atoms with Gasteiger partial charge < -0.3 is 4.98 Å². The summed E-state index contributed by atoms with van der Waals surface area (Å²) in [7, 11) is -3.90. The molecule has 7 nitrogen and oxygen atoms in total. The predicted octanol–water partition coefficient (Wildman–Crippen LogP) is -0.0798. The van der Waals surface area contributed by atoms with Crippen LogP contribution in [0.25, 0.3) is 0 Å². The Morgan fingerprint density at radius 3 is 2.58 bits per heavy atom. The minimum absolute atomic E-state index is 0.162. The van der Waals surface area contributed by atoms with Crippen LogP contribution in [0.3, 0.4) is 0 Å². The summed E-state index contributed by atoms with van der Waals surface area (Å²) >= 11 is 0. The van der Waals surface area contributed by atoms with Crippen LogP contribution in [-0.2, 0) is 10.0 Å². The van der Waals surface area contributed by atoms with Gasteiger partial charge in [0.1, 0.15) is 0 Å². The Bertz CT molecular complexity index is 661. The number of aromatic nitrogens is 2. The molecule has 1 fully saturated rings. The molecule has 1 aliphatic rings. The Kier molecular flexibility index (Phi) is 3.91. The normalized spacial score (nSPS) is 24.3. The van der Waals surface area contributed by atoms with E-state index in [9.17, 15) is 18.0 Å². The van der Waals surface area contributed by atoms with Crippen molar-refractivity contribution in [1.82, 2.24) is 14.7 Å². The lowest BCUT2D eigenvalue weighted by Crippen LogP contribution is -2.43. The molecule has 2 atom stereocenters. The molecule has 0 saturated heterocycles. The number of nitrogens with one attached hydrogen (secondary N) is 3. The van der Waals surface area contributed by atoms with E-state index >= 15 is 0 Å². The number of rotatable bonds is 3. The summed E-state index contributed by atoms with van der Waals surface area (Å²) in [6, 6.07) is -0.162. The topological polar surface area (TPSA) is 112 Å². The van der Waals surface area contributed by atoms with Gasteiger partial charge in [-0.05, 0) is 18.8 Å². The van der Waals surface area contributed by atoms with Gasteiger partial charge in [-0.3, -0.25) is 9.78 Å². The molecule has 0 amide bonds. The molecule has 0 aliphatic heterocycles. The highest BCUT2D eigenvalue weighted by Gasteiger charge is 2.28. The Balaban J connectivity index is 2.27. The first-order chi connectivity index (χ1) is 8.90. The molecule has 19 heavy (non-hydrogen) atoms. The molecule has 8 heteroatoms. The van der Waals surface area contributed by atoms with Crippen molar-refractivity contribution in [3.8, 4) is 0 Å². The van der Waals surface area contributed by atoms with Crippen LogP contribution in [0, 0.1) is 5.92 Å². The van der Waals surface area contributed by atoms with Gasteiger partial charge in [0.25, 0.3) is 5.56 Å². The highest BCUT2D eigenvalue weighted by atomic mass is 32.2. The maximum absolute atomic E-state index is 12.1. The first kappa shape index (κ1) is 14.0. The minimum Gasteiger partial charge on any atom is -0.313 e. The predicted molar refractivity (Wildman–Crippen MR) is 69.4 cm³/mol. The lowest BCUT2D eigenvalue weighted by Gasteiger charge is -2.28. The molecule has 1 saturated carbocycles. The van der Waals surface area contributed by atoms with Crippen LogP contribution in [0.4, 0.5) is 0 Å². The van der Waals surface area contributed by atoms with E-state index in [1.165, 1.54) is 0 Å². The smallest absolute Gasteiger partial charge is 0.313 e. The van der Waals surface area contributed by atoms with Crippen LogP contribution in [0.5, 0.6) is 0 Å². The van der Waals surface area contributed by atoms with Gasteiger partial charge in [-0.1, -0.05) is 19.8 Å². The maximum atomic E-state index is 12.1. The second-order valence-electron chi connectivity index (χ2n) is 4.93. The van der Waals surface area contributed by atoms with Gasteiger partial charge >= 0.3 is 5.69 Å². The molecular weight excluding hydrogens is 270 g/mol. The molecule has 0 bridgehead atoms. The van der Waals surface area contributed by atoms with Crippen molar-refractivity contribution in [3.63, 3.8) is 0 Å². The molecule has 1 aromatic heterocycles. The fourth-order valence-electron chi connectivity index (χ4n) is 2.35. The summed E-state index contributed by atoms with van der Waals surface area (Å²) in [4.78, 5) is 26.0. The molecular formula is C11H17N3O4S. The fraction of sp³-hybridized carbons (Fsp3) is 0.636. The third-order valence-corrected chi connectivity index (χ3v) is 4.99. The third kappa shape index (κ3) is 3.13. The quantitative estimate of drug-likeness (QED) is 0.721. The fourth-order valence-corrected chi connectivity index (χ4v) is 3.74. The lowest BCUT2D eigenvalue weighted by molar-refractivity contribution is 0.310. The zero-order valence-corrected chi connectivity index (χ0v) is 11.4. The van der Waals surface area contributed by atoms with Crippen molar-refractivity contribution in [2.45, 2.75) is 43.5 Å². The lowest BCUT2D eigenvalue weighted by atomic mass is 9.87. The van der Waals surface area contributed by atoms with E-state index < -0.39 is 26.2 Å². The average molecular weight is 287 g/mol. The molecule has 2 unspecified atom stereocenters. The van der Waals surface area contributed by atoms with Gasteiger partial charge in [0.15, 0.2) is 4.90 Å². The van der Waals surface area contributed by atoms with E-state index in [0.717, 1.165) is 31.9 Å².